The molecule has 2 aromatic carbocycles. The topological polar surface area (TPSA) is 69.3 Å². The third kappa shape index (κ3) is 3.78. The van der Waals surface area contributed by atoms with Crippen LogP contribution in [-0.4, -0.2) is 5.91 Å². The summed E-state index contributed by atoms with van der Waals surface area (Å²) in [7, 11) is 0. The van der Waals surface area contributed by atoms with Crippen molar-refractivity contribution in [1.29, 1.82) is 5.26 Å². The van der Waals surface area contributed by atoms with Gasteiger partial charge in [0.2, 0.25) is 0 Å². The minimum atomic E-state index is -0.741. The van der Waals surface area contributed by atoms with Gasteiger partial charge in [0.15, 0.2) is 6.17 Å². The van der Waals surface area contributed by atoms with Crippen LogP contribution in [0.2, 0.25) is 15.1 Å². The molecule has 0 saturated carbocycles. The summed E-state index contributed by atoms with van der Waals surface area (Å²) in [5.74, 6) is 0.364. The molecule has 0 bridgehead atoms. The van der Waals surface area contributed by atoms with Gasteiger partial charge in [-0.3, -0.25) is 4.79 Å². The minimum Gasteiger partial charge on any atom is -0.457 e. The van der Waals surface area contributed by atoms with Gasteiger partial charge in [-0.05, 0) is 54.6 Å². The maximum absolute atomic E-state index is 12.5. The fourth-order valence-electron chi connectivity index (χ4n) is 3.11. The Morgan fingerprint density at radius 1 is 1.03 bits per heavy atom. The van der Waals surface area contributed by atoms with Gasteiger partial charge in [0.25, 0.3) is 5.91 Å². The van der Waals surface area contributed by atoms with Gasteiger partial charge in [-0.2, -0.15) is 5.26 Å². The largest absolute Gasteiger partial charge is 0.457 e. The lowest BCUT2D eigenvalue weighted by Gasteiger charge is -2.36. The SMILES string of the molecule is N#CC1=C(S)N(c2ccc(Cl)cc2)C(c2ccc(-c3cc(Cl)ccc3Cl)o2)NC1=O. The monoisotopic (exact) mass is 475 g/mol. The van der Waals surface area contributed by atoms with E-state index in [1.807, 2.05) is 6.07 Å². The summed E-state index contributed by atoms with van der Waals surface area (Å²) >= 11 is 22.8. The van der Waals surface area contributed by atoms with E-state index in [1.54, 1.807) is 59.5 Å². The highest BCUT2D eigenvalue weighted by molar-refractivity contribution is 7.84. The molecule has 4 rings (SSSR count). The van der Waals surface area contributed by atoms with Gasteiger partial charge in [-0.15, -0.1) is 12.6 Å². The predicted octanol–water partition coefficient (Wildman–Crippen LogP) is 6.21. The van der Waals surface area contributed by atoms with E-state index in [0.29, 0.717) is 37.8 Å². The molecule has 1 aliphatic heterocycles. The van der Waals surface area contributed by atoms with Crippen molar-refractivity contribution in [2.24, 2.45) is 0 Å². The lowest BCUT2D eigenvalue weighted by atomic mass is 10.1. The summed E-state index contributed by atoms with van der Waals surface area (Å²) < 4.78 is 6.02. The second-order valence-electron chi connectivity index (χ2n) is 6.36. The van der Waals surface area contributed by atoms with Crippen molar-refractivity contribution in [3.63, 3.8) is 0 Å². The van der Waals surface area contributed by atoms with Crippen molar-refractivity contribution < 1.29 is 9.21 Å². The normalized spacial score (nSPS) is 16.4. The van der Waals surface area contributed by atoms with E-state index in [4.69, 9.17) is 39.2 Å². The highest BCUT2D eigenvalue weighted by atomic mass is 35.5. The first kappa shape index (κ1) is 20.7. The van der Waals surface area contributed by atoms with Crippen LogP contribution in [0.15, 0.2) is 69.6 Å². The fraction of sp³-hybridized carbons (Fsp3) is 0.0476. The summed E-state index contributed by atoms with van der Waals surface area (Å²) in [6, 6.07) is 17.3. The maximum Gasteiger partial charge on any atom is 0.266 e. The number of amides is 1. The number of nitrogens with zero attached hydrogens (tertiary/aromatic N) is 2. The van der Waals surface area contributed by atoms with E-state index < -0.39 is 12.1 Å². The summed E-state index contributed by atoms with van der Waals surface area (Å²) in [5.41, 5.74) is 1.19. The number of hydrogen-bond acceptors (Lipinski definition) is 5. The van der Waals surface area contributed by atoms with E-state index in [2.05, 4.69) is 17.9 Å². The standard InChI is InChI=1S/C21H12Cl3N3O2S/c22-11-1-4-13(5-2-11)27-19(26-20(28)15(10-25)21(27)30)18-8-7-17(29-18)14-9-12(23)3-6-16(14)24/h1-9,19,30H,(H,26,28). The molecule has 1 unspecified atom stereocenters. The van der Waals surface area contributed by atoms with Crippen LogP contribution in [0.25, 0.3) is 11.3 Å². The van der Waals surface area contributed by atoms with Crippen molar-refractivity contribution in [1.82, 2.24) is 5.32 Å². The molecule has 0 saturated heterocycles. The Morgan fingerprint density at radius 2 is 1.73 bits per heavy atom. The molecule has 5 nitrogen and oxygen atoms in total. The van der Waals surface area contributed by atoms with Crippen molar-refractivity contribution in [3.8, 4) is 17.4 Å². The van der Waals surface area contributed by atoms with Gasteiger partial charge in [0.05, 0.1) is 10.1 Å². The Bertz CT molecular complexity index is 1210. The highest BCUT2D eigenvalue weighted by Gasteiger charge is 2.35. The van der Waals surface area contributed by atoms with Crippen LogP contribution in [0.4, 0.5) is 5.69 Å². The Morgan fingerprint density at radius 3 is 2.43 bits per heavy atom. The Balaban J connectivity index is 1.81. The second kappa shape index (κ2) is 8.29. The molecule has 0 fully saturated rings. The van der Waals surface area contributed by atoms with Crippen LogP contribution < -0.4 is 10.2 Å². The molecule has 0 aliphatic carbocycles. The number of anilines is 1. The van der Waals surface area contributed by atoms with E-state index in [9.17, 15) is 10.1 Å². The fourth-order valence-corrected chi connectivity index (χ4v) is 4.00. The number of benzene rings is 2. The Hall–Kier alpha value is -2.56. The van der Waals surface area contributed by atoms with Crippen LogP contribution >= 0.6 is 47.4 Å². The molecule has 2 heterocycles. The van der Waals surface area contributed by atoms with Crippen LogP contribution in [0, 0.1) is 11.3 Å². The third-order valence-corrected chi connectivity index (χ3v) is 5.77. The smallest absolute Gasteiger partial charge is 0.266 e. The van der Waals surface area contributed by atoms with Gasteiger partial charge >= 0.3 is 0 Å². The molecule has 1 atom stereocenters. The lowest BCUT2D eigenvalue weighted by molar-refractivity contribution is -0.118. The van der Waals surface area contributed by atoms with Crippen LogP contribution in [0.5, 0.6) is 0 Å². The van der Waals surface area contributed by atoms with Crippen molar-refractivity contribution in [2.75, 3.05) is 4.90 Å². The van der Waals surface area contributed by atoms with E-state index in [1.165, 1.54) is 0 Å². The Labute approximate surface area is 192 Å². The summed E-state index contributed by atoms with van der Waals surface area (Å²) in [6.07, 6.45) is -0.741. The van der Waals surface area contributed by atoms with Crippen LogP contribution in [0.1, 0.15) is 11.9 Å². The quantitative estimate of drug-likeness (QED) is 0.441. The average molecular weight is 477 g/mol. The molecule has 0 radical (unpaired) electrons. The van der Waals surface area contributed by atoms with Gasteiger partial charge in [0.1, 0.15) is 23.2 Å². The highest BCUT2D eigenvalue weighted by Crippen LogP contribution is 2.39. The number of nitriles is 1. The zero-order chi connectivity index (χ0) is 21.4. The first-order valence-electron chi connectivity index (χ1n) is 8.63. The van der Waals surface area contributed by atoms with Crippen molar-refractivity contribution in [2.45, 2.75) is 6.17 Å². The summed E-state index contributed by atoms with van der Waals surface area (Å²) in [6.45, 7) is 0. The number of halogens is 3. The van der Waals surface area contributed by atoms with Gasteiger partial charge in [-0.1, -0.05) is 34.8 Å². The number of furan rings is 1. The van der Waals surface area contributed by atoms with Gasteiger partial charge < -0.3 is 14.6 Å². The van der Waals surface area contributed by atoms with Crippen molar-refractivity contribution in [3.05, 3.63) is 86.0 Å². The second-order valence-corrected chi connectivity index (χ2v) is 8.06. The average Bonchev–Trinajstić information content (AvgIpc) is 3.20. The van der Waals surface area contributed by atoms with Crippen molar-refractivity contribution >= 4 is 59.0 Å². The lowest BCUT2D eigenvalue weighted by Crippen LogP contribution is -2.45. The summed E-state index contributed by atoms with van der Waals surface area (Å²) in [5, 5.41) is 13.9. The number of carbonyl (C=O) groups is 1. The molecule has 0 spiro atoms. The van der Waals surface area contributed by atoms with Gasteiger partial charge in [0, 0.05) is 21.3 Å². The Kier molecular flexibility index (Phi) is 5.72. The minimum absolute atomic E-state index is 0.103. The number of nitrogens with one attached hydrogen (secondary N) is 1. The van der Waals surface area contributed by atoms with Gasteiger partial charge in [-0.25, -0.2) is 0 Å². The number of rotatable bonds is 3. The molecule has 1 aromatic heterocycles. The molecular weight excluding hydrogens is 465 g/mol. The predicted molar refractivity (Wildman–Crippen MR) is 121 cm³/mol. The molecule has 150 valence electrons. The third-order valence-electron chi connectivity index (χ3n) is 4.51. The number of hydrogen-bond donors (Lipinski definition) is 2. The first-order valence-corrected chi connectivity index (χ1v) is 10.2. The molecular formula is C21H12Cl3N3O2S. The zero-order valence-electron chi connectivity index (χ0n) is 15.1. The molecule has 1 amide bonds. The number of carbonyl (C=O) groups excluding carboxylic acids is 1. The molecule has 30 heavy (non-hydrogen) atoms. The first-order chi connectivity index (χ1) is 14.4. The zero-order valence-corrected chi connectivity index (χ0v) is 18.2. The number of thiol groups is 1. The summed E-state index contributed by atoms with van der Waals surface area (Å²) in [4.78, 5) is 14.1. The van der Waals surface area contributed by atoms with Crippen LogP contribution in [-0.2, 0) is 4.79 Å². The maximum atomic E-state index is 12.5. The van der Waals surface area contributed by atoms with E-state index >= 15 is 0 Å². The molecule has 1 aliphatic rings. The van der Waals surface area contributed by atoms with E-state index in [-0.39, 0.29) is 10.6 Å². The molecule has 9 heteroatoms. The van der Waals surface area contributed by atoms with Crippen LogP contribution in [0.3, 0.4) is 0 Å². The molecule has 3 aromatic rings. The van der Waals surface area contributed by atoms with E-state index in [0.717, 1.165) is 0 Å². The molecule has 1 N–H and O–H groups in total.